The highest BCUT2D eigenvalue weighted by Crippen LogP contribution is 2.21. The topological polar surface area (TPSA) is 86.6 Å². The zero-order valence-electron chi connectivity index (χ0n) is 10.3. The molecule has 0 aromatic heterocycles. The van der Waals surface area contributed by atoms with Crippen molar-refractivity contribution in [1.29, 1.82) is 0 Å². The molecule has 0 saturated carbocycles. The summed E-state index contributed by atoms with van der Waals surface area (Å²) in [6, 6.07) is 3.65. The molecule has 0 aliphatic rings. The van der Waals surface area contributed by atoms with Crippen LogP contribution in [0.15, 0.2) is 24.3 Å². The number of amides is 1. The van der Waals surface area contributed by atoms with Gasteiger partial charge in [0.25, 0.3) is 0 Å². The van der Waals surface area contributed by atoms with Gasteiger partial charge in [-0.15, -0.1) is 0 Å². The standard InChI is InChI=1S/C13H13Cl2NO4/c14-9-2-3-10(15)8(7-9)1-4-12(18)16-11(5-6-17)13(19)20/h1-4,7,11,17H,5-6H2,(H,16,18)(H,19,20). The van der Waals surface area contributed by atoms with Crippen molar-refractivity contribution in [2.75, 3.05) is 6.61 Å². The van der Waals surface area contributed by atoms with E-state index in [4.69, 9.17) is 33.4 Å². The lowest BCUT2D eigenvalue weighted by atomic mass is 10.2. The molecule has 0 bridgehead atoms. The first kappa shape index (κ1) is 16.5. The van der Waals surface area contributed by atoms with Gasteiger partial charge in [-0.3, -0.25) is 4.79 Å². The highest BCUT2D eigenvalue weighted by molar-refractivity contribution is 6.34. The molecule has 1 atom stereocenters. The number of hydrogen-bond acceptors (Lipinski definition) is 3. The molecule has 0 spiro atoms. The van der Waals surface area contributed by atoms with Crippen molar-refractivity contribution < 1.29 is 19.8 Å². The van der Waals surface area contributed by atoms with Crippen LogP contribution in [0.3, 0.4) is 0 Å². The van der Waals surface area contributed by atoms with Crippen LogP contribution in [0, 0.1) is 0 Å². The number of carbonyl (C=O) groups is 2. The fourth-order valence-electron chi connectivity index (χ4n) is 1.41. The van der Waals surface area contributed by atoms with Gasteiger partial charge in [-0.2, -0.15) is 0 Å². The molecule has 1 rings (SSSR count). The summed E-state index contributed by atoms with van der Waals surface area (Å²) in [5, 5.41) is 20.7. The van der Waals surface area contributed by atoms with E-state index < -0.39 is 17.9 Å². The fraction of sp³-hybridized carbons (Fsp3) is 0.231. The Labute approximate surface area is 125 Å². The van der Waals surface area contributed by atoms with Crippen molar-refractivity contribution in [2.45, 2.75) is 12.5 Å². The molecule has 20 heavy (non-hydrogen) atoms. The maximum atomic E-state index is 11.6. The van der Waals surface area contributed by atoms with Crippen LogP contribution >= 0.6 is 23.2 Å². The molecule has 108 valence electrons. The SMILES string of the molecule is O=C(C=Cc1cc(Cl)ccc1Cl)NC(CCO)C(=O)O. The first-order chi connectivity index (χ1) is 9.43. The van der Waals surface area contributed by atoms with Gasteiger partial charge in [0.1, 0.15) is 6.04 Å². The lowest BCUT2D eigenvalue weighted by Crippen LogP contribution is -2.40. The fourth-order valence-corrected chi connectivity index (χ4v) is 1.78. The molecule has 0 aliphatic heterocycles. The lowest BCUT2D eigenvalue weighted by molar-refractivity contribution is -0.141. The lowest BCUT2D eigenvalue weighted by Gasteiger charge is -2.11. The monoisotopic (exact) mass is 317 g/mol. The minimum absolute atomic E-state index is 0.0627. The summed E-state index contributed by atoms with van der Waals surface area (Å²) in [7, 11) is 0. The molecule has 3 N–H and O–H groups in total. The molecule has 0 radical (unpaired) electrons. The highest BCUT2D eigenvalue weighted by Gasteiger charge is 2.17. The molecule has 0 aliphatic carbocycles. The Kier molecular flexibility index (Phi) is 6.51. The molecule has 0 fully saturated rings. The molecule has 1 amide bonds. The number of aliphatic hydroxyl groups is 1. The minimum Gasteiger partial charge on any atom is -0.480 e. The quantitative estimate of drug-likeness (QED) is 0.700. The third-order valence-corrected chi connectivity index (χ3v) is 2.98. The van der Waals surface area contributed by atoms with Gasteiger partial charge in [-0.05, 0) is 29.8 Å². The zero-order chi connectivity index (χ0) is 15.1. The highest BCUT2D eigenvalue weighted by atomic mass is 35.5. The third kappa shape index (κ3) is 5.21. The number of halogens is 2. The van der Waals surface area contributed by atoms with E-state index in [1.807, 2.05) is 0 Å². The average Bonchev–Trinajstić information content (AvgIpc) is 2.39. The normalized spacial score (nSPS) is 12.3. The van der Waals surface area contributed by atoms with Gasteiger partial charge >= 0.3 is 5.97 Å². The second-order valence-corrected chi connectivity index (χ2v) is 4.75. The number of carboxylic acids is 1. The number of carbonyl (C=O) groups excluding carboxylic acids is 1. The molecule has 5 nitrogen and oxygen atoms in total. The Bertz CT molecular complexity index is 531. The molecule has 7 heteroatoms. The average molecular weight is 318 g/mol. The Balaban J connectivity index is 2.72. The smallest absolute Gasteiger partial charge is 0.326 e. The van der Waals surface area contributed by atoms with E-state index in [0.717, 1.165) is 6.08 Å². The van der Waals surface area contributed by atoms with Crippen LogP contribution in [0.2, 0.25) is 10.0 Å². The van der Waals surface area contributed by atoms with Crippen molar-refractivity contribution in [2.24, 2.45) is 0 Å². The number of carboxylic acid groups (broad SMARTS) is 1. The van der Waals surface area contributed by atoms with Crippen LogP contribution in [-0.2, 0) is 9.59 Å². The van der Waals surface area contributed by atoms with Gasteiger partial charge in [-0.25, -0.2) is 4.79 Å². The van der Waals surface area contributed by atoms with Crippen molar-refractivity contribution in [3.8, 4) is 0 Å². The van der Waals surface area contributed by atoms with Crippen molar-refractivity contribution in [1.82, 2.24) is 5.32 Å². The first-order valence-electron chi connectivity index (χ1n) is 5.71. The van der Waals surface area contributed by atoms with Crippen LogP contribution in [0.1, 0.15) is 12.0 Å². The maximum absolute atomic E-state index is 11.6. The minimum atomic E-state index is -1.21. The number of hydrogen-bond donors (Lipinski definition) is 3. The second kappa shape index (κ2) is 7.89. The van der Waals surface area contributed by atoms with E-state index in [9.17, 15) is 9.59 Å². The van der Waals surface area contributed by atoms with Crippen LogP contribution in [-0.4, -0.2) is 34.7 Å². The van der Waals surface area contributed by atoms with E-state index >= 15 is 0 Å². The van der Waals surface area contributed by atoms with Crippen LogP contribution in [0.4, 0.5) is 0 Å². The van der Waals surface area contributed by atoms with Crippen LogP contribution in [0.25, 0.3) is 6.08 Å². The van der Waals surface area contributed by atoms with Gasteiger partial charge < -0.3 is 15.5 Å². The van der Waals surface area contributed by atoms with E-state index in [-0.39, 0.29) is 13.0 Å². The molecule has 1 unspecified atom stereocenters. The number of aliphatic hydroxyl groups excluding tert-OH is 1. The van der Waals surface area contributed by atoms with E-state index in [1.54, 1.807) is 18.2 Å². The Morgan fingerprint density at radius 2 is 2.05 bits per heavy atom. The van der Waals surface area contributed by atoms with Crippen molar-refractivity contribution in [3.05, 3.63) is 39.9 Å². The Morgan fingerprint density at radius 3 is 2.65 bits per heavy atom. The van der Waals surface area contributed by atoms with E-state index in [0.29, 0.717) is 15.6 Å². The predicted octanol–water partition coefficient (Wildman–Crippen LogP) is 1.96. The largest absolute Gasteiger partial charge is 0.480 e. The summed E-state index contributed by atoms with van der Waals surface area (Å²) < 4.78 is 0. The van der Waals surface area contributed by atoms with Crippen LogP contribution in [0.5, 0.6) is 0 Å². The number of benzene rings is 1. The molecule has 0 saturated heterocycles. The van der Waals surface area contributed by atoms with Gasteiger partial charge in [0, 0.05) is 29.1 Å². The Morgan fingerprint density at radius 1 is 1.35 bits per heavy atom. The first-order valence-corrected chi connectivity index (χ1v) is 6.47. The second-order valence-electron chi connectivity index (χ2n) is 3.91. The molecular weight excluding hydrogens is 305 g/mol. The van der Waals surface area contributed by atoms with Gasteiger partial charge in [0.05, 0.1) is 0 Å². The maximum Gasteiger partial charge on any atom is 0.326 e. The number of aliphatic carboxylic acids is 1. The van der Waals surface area contributed by atoms with Crippen LogP contribution < -0.4 is 5.32 Å². The molecule has 1 aromatic rings. The summed E-state index contributed by atoms with van der Waals surface area (Å²) in [6.07, 6.45) is 2.53. The third-order valence-electron chi connectivity index (χ3n) is 2.40. The predicted molar refractivity (Wildman–Crippen MR) is 76.8 cm³/mol. The number of rotatable bonds is 6. The number of nitrogens with one attached hydrogen (secondary N) is 1. The Hall–Kier alpha value is -1.56. The molecule has 1 aromatic carbocycles. The molecular formula is C13H13Cl2NO4. The summed E-state index contributed by atoms with van der Waals surface area (Å²) in [5.41, 5.74) is 0.545. The van der Waals surface area contributed by atoms with Gasteiger partial charge in [0.2, 0.25) is 5.91 Å². The summed E-state index contributed by atoms with van der Waals surface area (Å²) in [5.74, 6) is -1.80. The van der Waals surface area contributed by atoms with Gasteiger partial charge in [-0.1, -0.05) is 23.2 Å². The van der Waals surface area contributed by atoms with E-state index in [1.165, 1.54) is 6.08 Å². The van der Waals surface area contributed by atoms with Crippen molar-refractivity contribution >= 4 is 41.2 Å². The summed E-state index contributed by atoms with van der Waals surface area (Å²) >= 11 is 11.7. The zero-order valence-corrected chi connectivity index (χ0v) is 11.9. The summed E-state index contributed by atoms with van der Waals surface area (Å²) in [4.78, 5) is 22.4. The summed E-state index contributed by atoms with van der Waals surface area (Å²) in [6.45, 7) is -0.332. The molecule has 0 heterocycles. The van der Waals surface area contributed by atoms with E-state index in [2.05, 4.69) is 5.32 Å². The van der Waals surface area contributed by atoms with Crippen molar-refractivity contribution in [3.63, 3.8) is 0 Å². The van der Waals surface area contributed by atoms with Gasteiger partial charge in [0.15, 0.2) is 0 Å².